The summed E-state index contributed by atoms with van der Waals surface area (Å²) < 4.78 is 59.8. The largest absolute Gasteiger partial charge is 0.339 e. The third kappa shape index (κ3) is 6.80. The van der Waals surface area contributed by atoms with Crippen molar-refractivity contribution in [2.24, 2.45) is 0 Å². The minimum absolute atomic E-state index is 0.00251. The number of sulfonamides is 1. The predicted molar refractivity (Wildman–Crippen MR) is 209 cm³/mol. The van der Waals surface area contributed by atoms with E-state index in [1.165, 1.54) is 26.1 Å². The van der Waals surface area contributed by atoms with Crippen molar-refractivity contribution in [1.29, 1.82) is 0 Å². The monoisotopic (exact) mass is 769 g/mol. The molecule has 13 heteroatoms. The molecule has 2 aliphatic carbocycles. The molecular weight excluding hydrogens is 723 g/mol. The molecule has 3 fully saturated rings. The molecule has 0 spiro atoms. The highest BCUT2D eigenvalue weighted by atomic mass is 32.2. The van der Waals surface area contributed by atoms with Crippen LogP contribution in [0.15, 0.2) is 83.3 Å². The van der Waals surface area contributed by atoms with Crippen molar-refractivity contribution in [3.8, 4) is 11.3 Å². The highest BCUT2D eigenvalue weighted by Gasteiger charge is 2.44. The molecule has 1 N–H and O–H groups in total. The molecule has 0 unspecified atom stereocenters. The average Bonchev–Trinajstić information content (AvgIpc) is 3.98. The van der Waals surface area contributed by atoms with Gasteiger partial charge in [-0.25, -0.2) is 13.1 Å². The van der Waals surface area contributed by atoms with Gasteiger partial charge in [0.05, 0.1) is 17.1 Å². The van der Waals surface area contributed by atoms with Crippen molar-refractivity contribution in [2.75, 3.05) is 27.2 Å². The van der Waals surface area contributed by atoms with Crippen LogP contribution in [0.25, 0.3) is 28.2 Å². The van der Waals surface area contributed by atoms with Gasteiger partial charge in [-0.2, -0.15) is 17.0 Å². The Morgan fingerprint density at radius 1 is 0.778 bits per heavy atom. The smallest absolute Gasteiger partial charge is 0.303 e. The first-order chi connectivity index (χ1) is 25.9. The van der Waals surface area contributed by atoms with E-state index in [1.807, 2.05) is 41.3 Å². The standard InChI is InChI=1S/C41H47N5O6S2/c1-43(2)54(51,52)42-40(47)30-17-20-36-37(26-30)45-27-31(25-29-13-9-10-16-35(29)39(45)38(36)28-11-5-3-6-12-28)41(48)44-23-21-33(22-24-44)46(32-18-19-32)53(49,50)34-14-7-4-8-15-34/h4,7-10,13-17,20,25-26,28,32-33H,3,5-6,11-12,18-19,21-24,27H2,1-2H3,(H,42,47). The maximum Gasteiger partial charge on any atom is 0.303 e. The van der Waals surface area contributed by atoms with Gasteiger partial charge in [0.25, 0.3) is 11.8 Å². The number of rotatable bonds is 9. The van der Waals surface area contributed by atoms with Gasteiger partial charge in [0.2, 0.25) is 10.0 Å². The fourth-order valence-electron chi connectivity index (χ4n) is 8.68. The van der Waals surface area contributed by atoms with E-state index in [2.05, 4.69) is 15.4 Å². The van der Waals surface area contributed by atoms with Gasteiger partial charge in [-0.3, -0.25) is 9.59 Å². The number of hydrogen-bond acceptors (Lipinski definition) is 6. The summed E-state index contributed by atoms with van der Waals surface area (Å²) in [6, 6.07) is 21.9. The Hall–Kier alpha value is -4.30. The Morgan fingerprint density at radius 3 is 2.13 bits per heavy atom. The molecule has 1 saturated heterocycles. The van der Waals surface area contributed by atoms with Crippen molar-refractivity contribution < 1.29 is 26.4 Å². The fraction of sp³-hybridized carbons (Fsp3) is 0.415. The van der Waals surface area contributed by atoms with Gasteiger partial charge in [-0.1, -0.05) is 67.8 Å². The first-order valence-electron chi connectivity index (χ1n) is 19.0. The number of piperidine rings is 1. The van der Waals surface area contributed by atoms with Crippen molar-refractivity contribution >= 4 is 49.0 Å². The predicted octanol–water partition coefficient (Wildman–Crippen LogP) is 6.13. The van der Waals surface area contributed by atoms with Crippen molar-refractivity contribution in [1.82, 2.24) is 22.8 Å². The third-order valence-corrected chi connectivity index (χ3v) is 15.0. The van der Waals surface area contributed by atoms with Gasteiger partial charge in [0, 0.05) is 66.9 Å². The number of likely N-dealkylation sites (tertiary alicyclic amines) is 1. The zero-order chi connectivity index (χ0) is 37.8. The first kappa shape index (κ1) is 36.7. The number of amides is 2. The van der Waals surface area contributed by atoms with Gasteiger partial charge in [0.15, 0.2) is 0 Å². The Bertz CT molecular complexity index is 2350. The highest BCUT2D eigenvalue weighted by Crippen LogP contribution is 2.47. The number of benzene rings is 3. The second-order valence-corrected chi connectivity index (χ2v) is 19.0. The zero-order valence-electron chi connectivity index (χ0n) is 30.8. The SMILES string of the molecule is CN(C)S(=O)(=O)NC(=O)c1ccc2c(C3CCCCC3)c3n(c2c1)CC(C(=O)N1CCC(N(C2CC2)S(=O)(=O)c2ccccc2)CC1)=Cc1ccccc1-3. The van der Waals surface area contributed by atoms with E-state index >= 15 is 0 Å². The fourth-order valence-corrected chi connectivity index (χ4v) is 11.2. The zero-order valence-corrected chi connectivity index (χ0v) is 32.4. The molecule has 0 atom stereocenters. The second-order valence-electron chi connectivity index (χ2n) is 15.3. The van der Waals surface area contributed by atoms with Crippen LogP contribution in [0, 0.1) is 0 Å². The summed E-state index contributed by atoms with van der Waals surface area (Å²) in [6.07, 6.45) is 10.3. The minimum Gasteiger partial charge on any atom is -0.339 e. The van der Waals surface area contributed by atoms with Crippen molar-refractivity contribution in [2.45, 2.75) is 87.2 Å². The minimum atomic E-state index is -4.01. The van der Waals surface area contributed by atoms with Gasteiger partial charge in [-0.05, 0) is 85.9 Å². The first-order valence-corrected chi connectivity index (χ1v) is 21.9. The number of nitrogens with zero attached hydrogens (tertiary/aromatic N) is 4. The van der Waals surface area contributed by atoms with Crippen LogP contribution in [0.3, 0.4) is 0 Å². The number of aromatic nitrogens is 1. The van der Waals surface area contributed by atoms with E-state index in [0.717, 1.165) is 70.6 Å². The van der Waals surface area contributed by atoms with Crippen LogP contribution in [0.5, 0.6) is 0 Å². The molecule has 54 heavy (non-hydrogen) atoms. The van der Waals surface area contributed by atoms with Crippen LogP contribution in [0.1, 0.15) is 85.2 Å². The summed E-state index contributed by atoms with van der Waals surface area (Å²) >= 11 is 0. The lowest BCUT2D eigenvalue weighted by Gasteiger charge is -2.38. The highest BCUT2D eigenvalue weighted by molar-refractivity contribution is 7.89. The molecule has 2 saturated carbocycles. The molecule has 0 radical (unpaired) electrons. The molecule has 11 nitrogen and oxygen atoms in total. The molecule has 8 rings (SSSR count). The van der Waals surface area contributed by atoms with Crippen LogP contribution < -0.4 is 4.72 Å². The van der Waals surface area contributed by atoms with Crippen LogP contribution >= 0.6 is 0 Å². The number of nitrogens with one attached hydrogen (secondary N) is 1. The van der Waals surface area contributed by atoms with Gasteiger partial charge < -0.3 is 9.47 Å². The molecule has 284 valence electrons. The molecule has 3 aromatic carbocycles. The Morgan fingerprint density at radius 2 is 1.44 bits per heavy atom. The molecular formula is C41H47N5O6S2. The van der Waals surface area contributed by atoms with Crippen molar-refractivity contribution in [3.63, 3.8) is 0 Å². The molecule has 2 amide bonds. The molecule has 3 heterocycles. The Kier molecular flexibility index (Phi) is 9.78. The van der Waals surface area contributed by atoms with E-state index < -0.39 is 26.1 Å². The van der Waals surface area contributed by atoms with E-state index in [4.69, 9.17) is 0 Å². The molecule has 4 aromatic rings. The summed E-state index contributed by atoms with van der Waals surface area (Å²) in [6.45, 7) is 1.14. The topological polar surface area (TPSA) is 129 Å². The van der Waals surface area contributed by atoms with Crippen molar-refractivity contribution in [3.05, 3.63) is 95.1 Å². The third-order valence-electron chi connectivity index (χ3n) is 11.6. The van der Waals surface area contributed by atoms with Crippen LogP contribution in [0.2, 0.25) is 0 Å². The van der Waals surface area contributed by atoms with E-state index in [9.17, 15) is 26.4 Å². The maximum atomic E-state index is 14.6. The molecule has 2 aliphatic heterocycles. The molecule has 4 aliphatic rings. The van der Waals surface area contributed by atoms with Gasteiger partial charge in [0.1, 0.15) is 0 Å². The van der Waals surface area contributed by atoms with E-state index in [0.29, 0.717) is 42.3 Å². The maximum absolute atomic E-state index is 14.6. The van der Waals surface area contributed by atoms with Crippen LogP contribution in [-0.4, -0.2) is 86.0 Å². The summed E-state index contributed by atoms with van der Waals surface area (Å²) in [4.78, 5) is 30.1. The summed E-state index contributed by atoms with van der Waals surface area (Å²) in [5.74, 6) is -0.511. The van der Waals surface area contributed by atoms with Gasteiger partial charge >= 0.3 is 10.2 Å². The summed E-state index contributed by atoms with van der Waals surface area (Å²) in [5.41, 5.74) is 5.81. The van der Waals surface area contributed by atoms with Crippen LogP contribution in [0.4, 0.5) is 0 Å². The van der Waals surface area contributed by atoms with Crippen LogP contribution in [-0.2, 0) is 31.6 Å². The molecule has 1 aromatic heterocycles. The van der Waals surface area contributed by atoms with E-state index in [-0.39, 0.29) is 30.1 Å². The van der Waals surface area contributed by atoms with Gasteiger partial charge in [-0.15, -0.1) is 0 Å². The van der Waals surface area contributed by atoms with E-state index in [1.54, 1.807) is 40.7 Å². The summed E-state index contributed by atoms with van der Waals surface area (Å²) in [5, 5.41) is 1.01. The Balaban J connectivity index is 1.14. The number of hydrogen-bond donors (Lipinski definition) is 1. The Labute approximate surface area is 317 Å². The summed E-state index contributed by atoms with van der Waals surface area (Å²) in [7, 11) is -4.95. The lowest BCUT2D eigenvalue weighted by atomic mass is 9.81. The lowest BCUT2D eigenvalue weighted by molar-refractivity contribution is -0.128. The average molecular weight is 770 g/mol. The normalized spacial score (nSPS) is 18.7. The lowest BCUT2D eigenvalue weighted by Crippen LogP contribution is -2.49. The second kappa shape index (κ2) is 14.4. The number of fused-ring (bicyclic) bond motifs is 5. The molecule has 0 bridgehead atoms. The quantitative estimate of drug-likeness (QED) is 0.218. The number of carbonyl (C=O) groups is 2. The number of carbonyl (C=O) groups excluding carboxylic acids is 2.